The van der Waals surface area contributed by atoms with Crippen molar-refractivity contribution in [3.05, 3.63) is 30.1 Å². The molecule has 2 N–H and O–H groups in total. The van der Waals surface area contributed by atoms with Crippen molar-refractivity contribution in [3.8, 4) is 0 Å². The Kier molecular flexibility index (Phi) is 4.37. The molecule has 19 heavy (non-hydrogen) atoms. The summed E-state index contributed by atoms with van der Waals surface area (Å²) in [7, 11) is 0. The van der Waals surface area contributed by atoms with Gasteiger partial charge in [-0.25, -0.2) is 9.18 Å². The Morgan fingerprint density at radius 1 is 1.47 bits per heavy atom. The average molecular weight is 266 g/mol. The lowest BCUT2D eigenvalue weighted by Gasteiger charge is -2.38. The Labute approximate surface area is 112 Å². The monoisotopic (exact) mass is 266 g/mol. The number of anilines is 1. The summed E-state index contributed by atoms with van der Waals surface area (Å²) in [6, 6.07) is 5.27. The minimum Gasteiger partial charge on any atom is -0.394 e. The summed E-state index contributed by atoms with van der Waals surface area (Å²) < 4.78 is 12.8. The Morgan fingerprint density at radius 3 is 2.79 bits per heavy atom. The first-order valence-corrected chi connectivity index (χ1v) is 6.56. The van der Waals surface area contributed by atoms with Gasteiger partial charge in [-0.2, -0.15) is 0 Å². The number of halogens is 1. The van der Waals surface area contributed by atoms with Gasteiger partial charge < -0.3 is 15.3 Å². The van der Waals surface area contributed by atoms with Gasteiger partial charge in [-0.15, -0.1) is 0 Å². The van der Waals surface area contributed by atoms with E-state index < -0.39 is 0 Å². The molecule has 1 aliphatic rings. The first-order valence-electron chi connectivity index (χ1n) is 6.56. The van der Waals surface area contributed by atoms with Gasteiger partial charge in [0, 0.05) is 12.2 Å². The third kappa shape index (κ3) is 3.23. The summed E-state index contributed by atoms with van der Waals surface area (Å²) in [5.41, 5.74) is 0.557. The second-order valence-electron chi connectivity index (χ2n) is 5.00. The number of piperidine rings is 1. The number of benzene rings is 1. The molecule has 4 nitrogen and oxygen atoms in total. The SMILES string of the molecule is CC1CCCN(C(=O)Nc2ccc(F)cc2)C1CO. The van der Waals surface area contributed by atoms with Crippen molar-refractivity contribution in [1.29, 1.82) is 0 Å². The van der Waals surface area contributed by atoms with Crippen molar-refractivity contribution in [2.45, 2.75) is 25.8 Å². The highest BCUT2D eigenvalue weighted by Crippen LogP contribution is 2.23. The molecule has 2 atom stereocenters. The molecule has 0 bridgehead atoms. The van der Waals surface area contributed by atoms with Gasteiger partial charge in [0.25, 0.3) is 0 Å². The van der Waals surface area contributed by atoms with E-state index in [9.17, 15) is 14.3 Å². The van der Waals surface area contributed by atoms with Crippen molar-refractivity contribution >= 4 is 11.7 Å². The molecule has 2 unspecified atom stereocenters. The van der Waals surface area contributed by atoms with Gasteiger partial charge in [0.05, 0.1) is 12.6 Å². The number of nitrogens with zero attached hydrogens (tertiary/aromatic N) is 1. The zero-order valence-corrected chi connectivity index (χ0v) is 11.0. The quantitative estimate of drug-likeness (QED) is 0.864. The summed E-state index contributed by atoms with van der Waals surface area (Å²) in [5.74, 6) is -0.0458. The Morgan fingerprint density at radius 2 is 2.16 bits per heavy atom. The molecule has 1 saturated heterocycles. The lowest BCUT2D eigenvalue weighted by molar-refractivity contribution is 0.0811. The number of likely N-dealkylation sites (tertiary alicyclic amines) is 1. The molecule has 104 valence electrons. The first kappa shape index (κ1) is 13.8. The van der Waals surface area contributed by atoms with Crippen molar-refractivity contribution in [2.24, 2.45) is 5.92 Å². The van der Waals surface area contributed by atoms with Crippen LogP contribution in [0.4, 0.5) is 14.9 Å². The van der Waals surface area contributed by atoms with E-state index in [0.29, 0.717) is 12.2 Å². The molecule has 0 aliphatic carbocycles. The number of carbonyl (C=O) groups excluding carboxylic acids is 1. The van der Waals surface area contributed by atoms with Crippen LogP contribution in [0.25, 0.3) is 0 Å². The highest BCUT2D eigenvalue weighted by molar-refractivity contribution is 5.89. The van der Waals surface area contributed by atoms with E-state index in [0.717, 1.165) is 12.8 Å². The van der Waals surface area contributed by atoms with Crippen LogP contribution >= 0.6 is 0 Å². The predicted octanol–water partition coefficient (Wildman–Crippen LogP) is 2.45. The standard InChI is InChI=1S/C14H19FN2O2/c1-10-3-2-8-17(13(10)9-18)14(19)16-12-6-4-11(15)5-7-12/h4-7,10,13,18H,2-3,8-9H2,1H3,(H,16,19). The molecule has 2 rings (SSSR count). The number of aliphatic hydroxyl groups excluding tert-OH is 1. The number of hydrogen-bond acceptors (Lipinski definition) is 2. The molecule has 1 aliphatic heterocycles. The van der Waals surface area contributed by atoms with Crippen LogP contribution in [-0.4, -0.2) is 35.2 Å². The normalized spacial score (nSPS) is 23.2. The molecule has 0 saturated carbocycles. The average Bonchev–Trinajstić information content (AvgIpc) is 2.41. The maximum absolute atomic E-state index is 12.8. The number of carbonyl (C=O) groups is 1. The van der Waals surface area contributed by atoms with Gasteiger partial charge in [0.2, 0.25) is 0 Å². The summed E-state index contributed by atoms with van der Waals surface area (Å²) in [4.78, 5) is 13.8. The summed E-state index contributed by atoms with van der Waals surface area (Å²) in [6.45, 7) is 2.65. The molecule has 0 aromatic heterocycles. The molecule has 0 spiro atoms. The highest BCUT2D eigenvalue weighted by atomic mass is 19.1. The number of amides is 2. The molecular weight excluding hydrogens is 247 g/mol. The number of urea groups is 1. The predicted molar refractivity (Wildman–Crippen MR) is 71.4 cm³/mol. The van der Waals surface area contributed by atoms with E-state index in [1.807, 2.05) is 6.92 Å². The van der Waals surface area contributed by atoms with E-state index in [2.05, 4.69) is 5.32 Å². The smallest absolute Gasteiger partial charge is 0.322 e. The molecule has 1 fully saturated rings. The van der Waals surface area contributed by atoms with Crippen LogP contribution in [0.2, 0.25) is 0 Å². The first-order chi connectivity index (χ1) is 9.11. The summed E-state index contributed by atoms with van der Waals surface area (Å²) in [5, 5.41) is 12.1. The number of rotatable bonds is 2. The van der Waals surface area contributed by atoms with Crippen molar-refractivity contribution in [2.75, 3.05) is 18.5 Å². The van der Waals surface area contributed by atoms with E-state index >= 15 is 0 Å². The second kappa shape index (κ2) is 6.02. The van der Waals surface area contributed by atoms with E-state index in [4.69, 9.17) is 0 Å². The molecule has 1 aromatic carbocycles. The molecule has 2 amide bonds. The van der Waals surface area contributed by atoms with Crippen LogP contribution in [0.3, 0.4) is 0 Å². The maximum atomic E-state index is 12.8. The third-order valence-electron chi connectivity index (χ3n) is 3.66. The van der Waals surface area contributed by atoms with Crippen LogP contribution in [-0.2, 0) is 0 Å². The molecule has 1 heterocycles. The van der Waals surface area contributed by atoms with Crippen LogP contribution < -0.4 is 5.32 Å². The van der Waals surface area contributed by atoms with E-state index in [-0.39, 0.29) is 30.4 Å². The fourth-order valence-electron chi connectivity index (χ4n) is 2.51. The second-order valence-corrected chi connectivity index (χ2v) is 5.00. The van der Waals surface area contributed by atoms with Gasteiger partial charge in [-0.05, 0) is 43.0 Å². The van der Waals surface area contributed by atoms with E-state index in [1.165, 1.54) is 24.3 Å². The lowest BCUT2D eigenvalue weighted by atomic mass is 9.91. The fraction of sp³-hybridized carbons (Fsp3) is 0.500. The Balaban J connectivity index is 2.04. The maximum Gasteiger partial charge on any atom is 0.322 e. The molecule has 5 heteroatoms. The van der Waals surface area contributed by atoms with Crippen molar-refractivity contribution < 1.29 is 14.3 Å². The molecule has 0 radical (unpaired) electrons. The van der Waals surface area contributed by atoms with Crippen LogP contribution in [0.5, 0.6) is 0 Å². The summed E-state index contributed by atoms with van der Waals surface area (Å²) >= 11 is 0. The Bertz CT molecular complexity index is 436. The van der Waals surface area contributed by atoms with Gasteiger partial charge in [0.1, 0.15) is 5.82 Å². The fourth-order valence-corrected chi connectivity index (χ4v) is 2.51. The van der Waals surface area contributed by atoms with Crippen molar-refractivity contribution in [3.63, 3.8) is 0 Å². The van der Waals surface area contributed by atoms with Gasteiger partial charge in [0.15, 0.2) is 0 Å². The van der Waals surface area contributed by atoms with Crippen LogP contribution in [0, 0.1) is 11.7 Å². The number of aliphatic hydroxyl groups is 1. The topological polar surface area (TPSA) is 52.6 Å². The highest BCUT2D eigenvalue weighted by Gasteiger charge is 2.31. The third-order valence-corrected chi connectivity index (χ3v) is 3.66. The summed E-state index contributed by atoms with van der Waals surface area (Å²) in [6.07, 6.45) is 1.96. The lowest BCUT2D eigenvalue weighted by Crippen LogP contribution is -2.51. The van der Waals surface area contributed by atoms with Crippen molar-refractivity contribution in [1.82, 2.24) is 4.90 Å². The minimum atomic E-state index is -0.335. The van der Waals surface area contributed by atoms with Crippen LogP contribution in [0.1, 0.15) is 19.8 Å². The zero-order chi connectivity index (χ0) is 13.8. The molecular formula is C14H19FN2O2. The van der Waals surface area contributed by atoms with E-state index in [1.54, 1.807) is 4.90 Å². The minimum absolute atomic E-state index is 0.0298. The van der Waals surface area contributed by atoms with Gasteiger partial charge >= 0.3 is 6.03 Å². The Hall–Kier alpha value is -1.62. The van der Waals surface area contributed by atoms with Gasteiger partial charge in [-0.1, -0.05) is 6.92 Å². The van der Waals surface area contributed by atoms with Crippen LogP contribution in [0.15, 0.2) is 24.3 Å². The zero-order valence-electron chi connectivity index (χ0n) is 11.0. The number of nitrogens with one attached hydrogen (secondary N) is 1. The molecule has 1 aromatic rings. The largest absolute Gasteiger partial charge is 0.394 e. The number of hydrogen-bond donors (Lipinski definition) is 2. The van der Waals surface area contributed by atoms with Gasteiger partial charge in [-0.3, -0.25) is 0 Å².